The highest BCUT2D eigenvalue weighted by Gasteiger charge is 2.37. The van der Waals surface area contributed by atoms with E-state index in [1.54, 1.807) is 11.1 Å². The van der Waals surface area contributed by atoms with E-state index in [-0.39, 0.29) is 16.2 Å². The Labute approximate surface area is 254 Å². The Hall–Kier alpha value is -3.64. The van der Waals surface area contributed by atoms with Gasteiger partial charge in [0.25, 0.3) is 0 Å². The van der Waals surface area contributed by atoms with Crippen LogP contribution in [0.1, 0.15) is 95.2 Å². The molecular weight excluding hydrogens is 504 g/mol. The van der Waals surface area contributed by atoms with Crippen LogP contribution in [0.5, 0.6) is 0 Å². The van der Waals surface area contributed by atoms with Crippen molar-refractivity contribution in [3.05, 3.63) is 129 Å². The van der Waals surface area contributed by atoms with Crippen LogP contribution < -0.4 is 0 Å². The molecule has 0 fully saturated rings. The summed E-state index contributed by atoms with van der Waals surface area (Å²) in [6.07, 6.45) is 8.22. The van der Waals surface area contributed by atoms with Crippen LogP contribution in [-0.4, -0.2) is 0 Å². The van der Waals surface area contributed by atoms with Gasteiger partial charge in [-0.05, 0) is 85.7 Å². The first kappa shape index (κ1) is 28.5. The van der Waals surface area contributed by atoms with Gasteiger partial charge < -0.3 is 0 Å². The van der Waals surface area contributed by atoms with Gasteiger partial charge in [-0.15, -0.1) is 0 Å². The Bertz CT molecular complexity index is 1600. The summed E-state index contributed by atoms with van der Waals surface area (Å²) < 4.78 is 0. The van der Waals surface area contributed by atoms with E-state index >= 15 is 0 Å². The second kappa shape index (κ2) is 10.3. The zero-order valence-electron chi connectivity index (χ0n) is 26.9. The summed E-state index contributed by atoms with van der Waals surface area (Å²) in [6.45, 7) is 18.6. The molecule has 0 atom stereocenters. The summed E-state index contributed by atoms with van der Waals surface area (Å²) in [5.41, 5.74) is 17.3. The number of fused-ring (bicyclic) bond motifs is 2. The molecule has 4 aromatic carbocycles. The molecule has 2 aliphatic carbocycles. The molecule has 0 aliphatic heterocycles. The first-order chi connectivity index (χ1) is 19.9. The molecule has 42 heavy (non-hydrogen) atoms. The molecular formula is C42H46. The fourth-order valence-electron chi connectivity index (χ4n) is 6.92. The van der Waals surface area contributed by atoms with Crippen molar-refractivity contribution < 1.29 is 0 Å². The van der Waals surface area contributed by atoms with Crippen molar-refractivity contribution >= 4 is 12.2 Å². The fourth-order valence-corrected chi connectivity index (χ4v) is 6.92. The largest absolute Gasteiger partial charge is 0.0642 e. The third kappa shape index (κ3) is 5.00. The summed E-state index contributed by atoms with van der Waals surface area (Å²) in [7, 11) is 0. The molecule has 0 heterocycles. The normalized spacial score (nSPS) is 14.9. The Morgan fingerprint density at radius 1 is 0.524 bits per heavy atom. The lowest BCUT2D eigenvalue weighted by Gasteiger charge is -2.32. The van der Waals surface area contributed by atoms with Crippen molar-refractivity contribution in [1.82, 2.24) is 0 Å². The highest BCUT2D eigenvalue weighted by atomic mass is 14.4. The number of hydrogen-bond donors (Lipinski definition) is 0. The maximum atomic E-state index is 2.54. The monoisotopic (exact) mass is 550 g/mol. The Balaban J connectivity index is 1.39. The molecule has 6 rings (SSSR count). The molecule has 0 heteroatoms. The quantitative estimate of drug-likeness (QED) is 0.232. The van der Waals surface area contributed by atoms with Crippen LogP contribution in [0, 0.1) is 5.41 Å². The van der Waals surface area contributed by atoms with Crippen molar-refractivity contribution in [3.8, 4) is 22.3 Å². The zero-order valence-corrected chi connectivity index (χ0v) is 26.9. The minimum Gasteiger partial charge on any atom is -0.0642 e. The maximum absolute atomic E-state index is 2.54. The van der Waals surface area contributed by atoms with Gasteiger partial charge in [0, 0.05) is 5.41 Å². The number of benzene rings is 4. The van der Waals surface area contributed by atoms with Crippen LogP contribution in [0.3, 0.4) is 0 Å². The first-order valence-corrected chi connectivity index (χ1v) is 15.8. The zero-order chi connectivity index (χ0) is 29.9. The van der Waals surface area contributed by atoms with Crippen LogP contribution in [0.2, 0.25) is 0 Å². The molecule has 0 nitrogen and oxygen atoms in total. The number of allylic oxidation sites excluding steroid dienone is 2. The molecule has 0 spiro atoms. The molecule has 0 N–H and O–H groups in total. The molecule has 214 valence electrons. The third-order valence-electron chi connectivity index (χ3n) is 10.00. The van der Waals surface area contributed by atoms with E-state index in [1.807, 2.05) is 0 Å². The predicted octanol–water partition coefficient (Wildman–Crippen LogP) is 11.6. The van der Waals surface area contributed by atoms with E-state index in [0.29, 0.717) is 0 Å². The van der Waals surface area contributed by atoms with E-state index in [9.17, 15) is 0 Å². The Morgan fingerprint density at radius 3 is 1.31 bits per heavy atom. The van der Waals surface area contributed by atoms with Gasteiger partial charge in [0.15, 0.2) is 0 Å². The van der Waals surface area contributed by atoms with Crippen molar-refractivity contribution in [2.75, 3.05) is 0 Å². The molecule has 0 saturated heterocycles. The second-order valence-corrected chi connectivity index (χ2v) is 14.8. The molecule has 0 amide bonds. The van der Waals surface area contributed by atoms with Crippen molar-refractivity contribution in [2.45, 2.75) is 85.5 Å². The minimum absolute atomic E-state index is 0.0209. The van der Waals surface area contributed by atoms with Gasteiger partial charge in [-0.25, -0.2) is 0 Å². The summed E-state index contributed by atoms with van der Waals surface area (Å²) in [6, 6.07) is 32.1. The molecule has 0 unspecified atom stereocenters. The van der Waals surface area contributed by atoms with E-state index < -0.39 is 0 Å². The topological polar surface area (TPSA) is 0 Å². The summed E-state index contributed by atoms with van der Waals surface area (Å²) in [4.78, 5) is 0. The Kier molecular flexibility index (Phi) is 6.96. The van der Waals surface area contributed by atoms with Crippen LogP contribution in [0.4, 0.5) is 0 Å². The highest BCUT2D eigenvalue weighted by Crippen LogP contribution is 2.50. The van der Waals surface area contributed by atoms with Crippen molar-refractivity contribution in [3.63, 3.8) is 0 Å². The standard InChI is InChI=1S/C42H46/c1-9-42(8,34-24-30-16-12-20-36(38(30)26-34)28-14-10-18-32(22-28)40(2,3)4)35-25-31-17-13-21-37(39(31)27-35)29-15-11-19-33(23-29)41(5,6)7/h10-23,26-27H,9,24-25H2,1-8H3. The van der Waals surface area contributed by atoms with Gasteiger partial charge in [-0.2, -0.15) is 0 Å². The van der Waals surface area contributed by atoms with Crippen molar-refractivity contribution in [2.24, 2.45) is 5.41 Å². The van der Waals surface area contributed by atoms with Crippen LogP contribution >= 0.6 is 0 Å². The lowest BCUT2D eigenvalue weighted by atomic mass is 9.72. The first-order valence-electron chi connectivity index (χ1n) is 15.8. The van der Waals surface area contributed by atoms with Crippen LogP contribution in [0.15, 0.2) is 96.1 Å². The van der Waals surface area contributed by atoms with E-state index in [2.05, 4.69) is 152 Å². The SMILES string of the molecule is CCC(C)(C1=Cc2c(cccc2-c2cccc(C(C)(C)C)c2)C1)C1=Cc2c(cccc2-c2cccc(C(C)(C)C)c2)C1. The van der Waals surface area contributed by atoms with Crippen molar-refractivity contribution in [1.29, 1.82) is 0 Å². The summed E-state index contributed by atoms with van der Waals surface area (Å²) in [5.74, 6) is 0. The minimum atomic E-state index is 0.0209. The van der Waals surface area contributed by atoms with Gasteiger partial charge >= 0.3 is 0 Å². The summed E-state index contributed by atoms with van der Waals surface area (Å²) >= 11 is 0. The Morgan fingerprint density at radius 2 is 0.929 bits per heavy atom. The molecule has 0 bridgehead atoms. The van der Waals surface area contributed by atoms with E-state index in [0.717, 1.165) is 19.3 Å². The van der Waals surface area contributed by atoms with Gasteiger partial charge in [-0.3, -0.25) is 0 Å². The van der Waals surface area contributed by atoms with Gasteiger partial charge in [0.05, 0.1) is 0 Å². The van der Waals surface area contributed by atoms with Crippen LogP contribution in [-0.2, 0) is 23.7 Å². The maximum Gasteiger partial charge on any atom is 0.0103 e. The smallest absolute Gasteiger partial charge is 0.0103 e. The molecule has 2 aliphatic rings. The molecule has 0 radical (unpaired) electrons. The van der Waals surface area contributed by atoms with E-state index in [4.69, 9.17) is 0 Å². The predicted molar refractivity (Wildman–Crippen MR) is 183 cm³/mol. The lowest BCUT2D eigenvalue weighted by Crippen LogP contribution is -2.21. The average molecular weight is 551 g/mol. The van der Waals surface area contributed by atoms with Gasteiger partial charge in [-0.1, -0.05) is 164 Å². The molecule has 4 aromatic rings. The molecule has 0 saturated carbocycles. The number of hydrogen-bond acceptors (Lipinski definition) is 0. The van der Waals surface area contributed by atoms with Crippen LogP contribution in [0.25, 0.3) is 34.4 Å². The van der Waals surface area contributed by atoms with E-state index in [1.165, 1.54) is 55.6 Å². The number of rotatable bonds is 5. The summed E-state index contributed by atoms with van der Waals surface area (Å²) in [5, 5.41) is 0. The average Bonchev–Trinajstić information content (AvgIpc) is 3.61. The second-order valence-electron chi connectivity index (χ2n) is 14.8. The van der Waals surface area contributed by atoms with Gasteiger partial charge in [0.1, 0.15) is 0 Å². The third-order valence-corrected chi connectivity index (χ3v) is 10.00. The highest BCUT2D eigenvalue weighted by molar-refractivity contribution is 5.84. The molecule has 0 aromatic heterocycles. The fraction of sp³-hybridized carbons (Fsp3) is 0.333. The van der Waals surface area contributed by atoms with Gasteiger partial charge in [0.2, 0.25) is 0 Å². The lowest BCUT2D eigenvalue weighted by molar-refractivity contribution is 0.452.